The Bertz CT molecular complexity index is 1630. The van der Waals surface area contributed by atoms with Crippen LogP contribution in [0.25, 0.3) is 0 Å². The van der Waals surface area contributed by atoms with Crippen LogP contribution in [0.15, 0.2) is 84.9 Å². The van der Waals surface area contributed by atoms with E-state index in [1.165, 1.54) is 12.8 Å². The van der Waals surface area contributed by atoms with Crippen molar-refractivity contribution < 1.29 is 19.2 Å². The molecule has 194 valence electrons. The van der Waals surface area contributed by atoms with Gasteiger partial charge in [-0.15, -0.1) is 0 Å². The molecule has 0 unspecified atom stereocenters. The Morgan fingerprint density at radius 1 is 0.436 bits per heavy atom. The van der Waals surface area contributed by atoms with E-state index in [0.717, 1.165) is 30.4 Å². The van der Waals surface area contributed by atoms with Gasteiger partial charge in [0.05, 0.1) is 0 Å². The second kappa shape index (κ2) is 11.1. The predicted molar refractivity (Wildman–Crippen MR) is 152 cm³/mol. The van der Waals surface area contributed by atoms with Crippen molar-refractivity contribution >= 4 is 23.1 Å². The molecule has 6 rings (SSSR count). The highest BCUT2D eigenvalue weighted by atomic mass is 16.1. The minimum atomic E-state index is -0.0529. The van der Waals surface area contributed by atoms with Gasteiger partial charge in [-0.2, -0.15) is 0 Å². The van der Waals surface area contributed by atoms with E-state index >= 15 is 0 Å². The average molecular weight is 515 g/mol. The lowest BCUT2D eigenvalue weighted by atomic mass is 9.83. The molecule has 39 heavy (non-hydrogen) atoms. The van der Waals surface area contributed by atoms with Gasteiger partial charge in [0.15, 0.2) is 23.1 Å². The number of hydrogen-bond acceptors (Lipinski definition) is 4. The number of rotatable bonds is 5. The van der Waals surface area contributed by atoms with E-state index < -0.39 is 0 Å². The molecule has 2 aliphatic rings. The fraction of sp³-hybridized carbons (Fsp3) is 0.200. The van der Waals surface area contributed by atoms with Gasteiger partial charge in [-0.25, -0.2) is 0 Å². The molecule has 0 radical (unpaired) electrons. The fourth-order valence-corrected chi connectivity index (χ4v) is 5.25. The van der Waals surface area contributed by atoms with Crippen LogP contribution in [0.4, 0.5) is 0 Å². The van der Waals surface area contributed by atoms with E-state index in [0.29, 0.717) is 44.5 Å². The summed E-state index contributed by atoms with van der Waals surface area (Å²) in [5.41, 5.74) is 6.47. The molecule has 0 heterocycles. The number of hydrogen-bond donors (Lipinski definition) is 0. The van der Waals surface area contributed by atoms with E-state index in [4.69, 9.17) is 0 Å². The van der Waals surface area contributed by atoms with Gasteiger partial charge in [0.25, 0.3) is 0 Å². The molecule has 2 aliphatic carbocycles. The molecule has 4 heteroatoms. The summed E-state index contributed by atoms with van der Waals surface area (Å²) < 4.78 is 0. The number of ketones is 4. The first-order valence-corrected chi connectivity index (χ1v) is 13.6. The number of aryl methyl sites for hydroxylation is 2. The molecular formula is C35H30O4. The second-order valence-electron chi connectivity index (χ2n) is 9.98. The van der Waals surface area contributed by atoms with Gasteiger partial charge in [-0.3, -0.25) is 19.2 Å². The molecule has 0 spiro atoms. The van der Waals surface area contributed by atoms with Gasteiger partial charge >= 0.3 is 0 Å². The molecule has 0 saturated heterocycles. The summed E-state index contributed by atoms with van der Waals surface area (Å²) in [7, 11) is 0. The molecule has 4 aromatic rings. The van der Waals surface area contributed by atoms with Gasteiger partial charge in [-0.1, -0.05) is 99.5 Å². The lowest BCUT2D eigenvalue weighted by Gasteiger charge is -2.18. The molecule has 0 atom stereocenters. The third kappa shape index (κ3) is 4.90. The topological polar surface area (TPSA) is 68.3 Å². The Morgan fingerprint density at radius 2 is 0.821 bits per heavy atom. The van der Waals surface area contributed by atoms with E-state index in [1.54, 1.807) is 54.6 Å². The lowest BCUT2D eigenvalue weighted by Crippen LogP contribution is -2.20. The summed E-state index contributed by atoms with van der Waals surface area (Å²) in [6.45, 7) is 4.21. The Labute approximate surface area is 228 Å². The van der Waals surface area contributed by atoms with Crippen molar-refractivity contribution in [1.29, 1.82) is 0 Å². The number of unbranched alkanes of at least 4 members (excludes halogenated alkanes) is 2. The van der Waals surface area contributed by atoms with Crippen molar-refractivity contribution in [2.45, 2.75) is 46.0 Å². The van der Waals surface area contributed by atoms with Gasteiger partial charge in [0, 0.05) is 44.5 Å². The van der Waals surface area contributed by atoms with Crippen LogP contribution in [-0.2, 0) is 12.8 Å². The minimum absolute atomic E-state index is 0.0301. The van der Waals surface area contributed by atoms with E-state index in [9.17, 15) is 19.2 Å². The fourth-order valence-electron chi connectivity index (χ4n) is 5.25. The van der Waals surface area contributed by atoms with Crippen LogP contribution in [-0.4, -0.2) is 23.1 Å². The Hall–Kier alpha value is -4.44. The number of carbonyl (C=O) groups is 4. The Morgan fingerprint density at radius 3 is 1.26 bits per heavy atom. The van der Waals surface area contributed by atoms with Crippen molar-refractivity contribution in [3.8, 4) is 0 Å². The highest BCUT2D eigenvalue weighted by Gasteiger charge is 2.30. The van der Waals surface area contributed by atoms with Crippen LogP contribution in [0, 0.1) is 0 Å². The molecule has 0 aromatic heterocycles. The van der Waals surface area contributed by atoms with Crippen LogP contribution < -0.4 is 0 Å². The highest BCUT2D eigenvalue weighted by molar-refractivity contribution is 6.29. The predicted octanol–water partition coefficient (Wildman–Crippen LogP) is 7.22. The largest absolute Gasteiger partial charge is 0.289 e. The summed E-state index contributed by atoms with van der Waals surface area (Å²) in [6, 6.07) is 25.3. The monoisotopic (exact) mass is 514 g/mol. The maximum Gasteiger partial charge on any atom is 0.194 e. The third-order valence-electron chi connectivity index (χ3n) is 7.46. The molecule has 0 fully saturated rings. The van der Waals surface area contributed by atoms with Crippen LogP contribution in [0.1, 0.15) is 108 Å². The average Bonchev–Trinajstić information content (AvgIpc) is 2.99. The zero-order valence-electron chi connectivity index (χ0n) is 22.3. The summed E-state index contributed by atoms with van der Waals surface area (Å²) >= 11 is 0. The lowest BCUT2D eigenvalue weighted by molar-refractivity contribution is 0.0979. The molecule has 0 amide bonds. The van der Waals surface area contributed by atoms with Crippen molar-refractivity contribution in [3.05, 3.63) is 141 Å². The van der Waals surface area contributed by atoms with E-state index in [2.05, 4.69) is 6.92 Å². The van der Waals surface area contributed by atoms with E-state index in [-0.39, 0.29) is 23.1 Å². The van der Waals surface area contributed by atoms with Gasteiger partial charge < -0.3 is 0 Å². The molecule has 0 aliphatic heterocycles. The van der Waals surface area contributed by atoms with Crippen molar-refractivity contribution in [2.75, 3.05) is 0 Å². The van der Waals surface area contributed by atoms with Crippen LogP contribution >= 0.6 is 0 Å². The van der Waals surface area contributed by atoms with Crippen LogP contribution in [0.2, 0.25) is 0 Å². The molecule has 4 nitrogen and oxygen atoms in total. The number of fused-ring (bicyclic) bond motifs is 4. The van der Waals surface area contributed by atoms with Gasteiger partial charge in [-0.05, 0) is 42.5 Å². The first-order chi connectivity index (χ1) is 18.9. The summed E-state index contributed by atoms with van der Waals surface area (Å²) in [4.78, 5) is 49.7. The quantitative estimate of drug-likeness (QED) is 0.228. The SMILES string of the molecule is CCCCCc1ccc2c(c1)C(=O)c1ccccc1C2=O.CCc1ccc2c(c1)C(=O)c1ccccc1C2=O. The molecule has 0 saturated carbocycles. The first kappa shape index (κ1) is 26.2. The zero-order chi connectivity index (χ0) is 27.5. The summed E-state index contributed by atoms with van der Waals surface area (Å²) in [5, 5.41) is 0. The smallest absolute Gasteiger partial charge is 0.194 e. The van der Waals surface area contributed by atoms with Crippen LogP contribution in [0.5, 0.6) is 0 Å². The number of benzene rings is 4. The highest BCUT2D eigenvalue weighted by Crippen LogP contribution is 2.29. The van der Waals surface area contributed by atoms with Gasteiger partial charge in [0.2, 0.25) is 0 Å². The minimum Gasteiger partial charge on any atom is -0.289 e. The van der Waals surface area contributed by atoms with Gasteiger partial charge in [0.1, 0.15) is 0 Å². The molecule has 4 aromatic carbocycles. The third-order valence-corrected chi connectivity index (χ3v) is 7.46. The van der Waals surface area contributed by atoms with E-state index in [1.807, 2.05) is 37.3 Å². The maximum atomic E-state index is 12.6. The molecular weight excluding hydrogens is 484 g/mol. The normalized spacial score (nSPS) is 13.1. The number of carbonyl (C=O) groups excluding carboxylic acids is 4. The van der Waals surface area contributed by atoms with Crippen molar-refractivity contribution in [3.63, 3.8) is 0 Å². The first-order valence-electron chi connectivity index (χ1n) is 13.6. The zero-order valence-corrected chi connectivity index (χ0v) is 22.3. The summed E-state index contributed by atoms with van der Waals surface area (Å²) in [5.74, 6) is -0.170. The molecule has 0 bridgehead atoms. The van der Waals surface area contributed by atoms with Crippen LogP contribution in [0.3, 0.4) is 0 Å². The van der Waals surface area contributed by atoms with Crippen molar-refractivity contribution in [2.24, 2.45) is 0 Å². The standard InChI is InChI=1S/C19H18O2.C16H12O2/c1-2-3-4-7-13-10-11-16-17(12-13)19(21)15-9-6-5-8-14(15)18(16)20;1-2-10-7-8-13-14(9-10)16(18)12-6-4-3-5-11(12)15(13)17/h5-6,8-12H,2-4,7H2,1H3;3-9H,2H2,1H3. The summed E-state index contributed by atoms with van der Waals surface area (Å²) in [6.07, 6.45) is 5.30. The van der Waals surface area contributed by atoms with Crippen molar-refractivity contribution in [1.82, 2.24) is 0 Å². The second-order valence-corrected chi connectivity index (χ2v) is 9.98. The maximum absolute atomic E-state index is 12.6. The molecule has 0 N–H and O–H groups in total. The Balaban J connectivity index is 0.000000160. The Kier molecular flexibility index (Phi) is 7.47.